The number of fused-ring (bicyclic) bond motifs is 3. The Balaban J connectivity index is 1.58. The fourth-order valence-corrected chi connectivity index (χ4v) is 4.56. The van der Waals surface area contributed by atoms with E-state index < -0.39 is 12.0 Å². The van der Waals surface area contributed by atoms with Crippen molar-refractivity contribution in [2.75, 3.05) is 20.2 Å². The molecule has 1 unspecified atom stereocenters. The van der Waals surface area contributed by atoms with Crippen LogP contribution in [0.25, 0.3) is 0 Å². The largest absolute Gasteiger partial charge is 0.453 e. The second-order valence-corrected chi connectivity index (χ2v) is 8.86. The number of amides is 2. The summed E-state index contributed by atoms with van der Waals surface area (Å²) in [6.45, 7) is 0.878. The van der Waals surface area contributed by atoms with E-state index in [9.17, 15) is 9.59 Å². The molecule has 0 bridgehead atoms. The van der Waals surface area contributed by atoms with Crippen LogP contribution in [0.4, 0.5) is 13.6 Å². The van der Waals surface area contributed by atoms with Crippen LogP contribution in [0.2, 0.25) is 10.0 Å². The van der Waals surface area contributed by atoms with Crippen LogP contribution in [0.5, 0.6) is 0 Å². The van der Waals surface area contributed by atoms with Crippen molar-refractivity contribution in [3.63, 3.8) is 0 Å². The van der Waals surface area contributed by atoms with Crippen LogP contribution >= 0.6 is 23.2 Å². The standard InChI is InChI=1S/C21H22Cl2F2N4O3/c1-32-20(31)26-9-12-4-6-21(24,25)18-14-11-28(7-5-17(14)27-29(18)10-12)19(30)13-2-3-15(22)16(23)8-13/h2-3,8,12H,4-7,9-11H2,1H3,(H,26,31). The molecule has 0 saturated carbocycles. The Hall–Kier alpha value is -2.39. The molecular formula is C21H22Cl2F2N4O3. The number of benzene rings is 1. The summed E-state index contributed by atoms with van der Waals surface area (Å²) in [4.78, 5) is 25.9. The van der Waals surface area contributed by atoms with E-state index in [-0.39, 0.29) is 55.0 Å². The third-order valence-electron chi connectivity index (χ3n) is 5.92. The molecule has 32 heavy (non-hydrogen) atoms. The molecule has 0 fully saturated rings. The van der Waals surface area contributed by atoms with Crippen molar-refractivity contribution >= 4 is 35.2 Å². The molecule has 172 valence electrons. The maximum Gasteiger partial charge on any atom is 0.406 e. The molecule has 0 spiro atoms. The first-order valence-corrected chi connectivity index (χ1v) is 11.0. The Kier molecular flexibility index (Phi) is 6.31. The van der Waals surface area contributed by atoms with Crippen LogP contribution in [-0.4, -0.2) is 46.9 Å². The van der Waals surface area contributed by atoms with Gasteiger partial charge in [-0.2, -0.15) is 13.9 Å². The third kappa shape index (κ3) is 4.41. The number of carbonyl (C=O) groups excluding carboxylic acids is 2. The van der Waals surface area contributed by atoms with Gasteiger partial charge in [0.25, 0.3) is 11.8 Å². The van der Waals surface area contributed by atoms with Gasteiger partial charge in [0.15, 0.2) is 0 Å². The van der Waals surface area contributed by atoms with Crippen LogP contribution in [0, 0.1) is 5.92 Å². The lowest BCUT2D eigenvalue weighted by Gasteiger charge is -2.28. The Morgan fingerprint density at radius 2 is 2.09 bits per heavy atom. The number of hydrogen-bond donors (Lipinski definition) is 1. The molecule has 2 aliphatic heterocycles. The predicted molar refractivity (Wildman–Crippen MR) is 114 cm³/mol. The number of alkyl halides is 2. The van der Waals surface area contributed by atoms with Gasteiger partial charge in [-0.25, -0.2) is 4.79 Å². The fraction of sp³-hybridized carbons (Fsp3) is 0.476. The maximum atomic E-state index is 15.2. The molecule has 4 rings (SSSR count). The Morgan fingerprint density at radius 1 is 1.31 bits per heavy atom. The number of alkyl carbamates (subject to hydrolysis) is 1. The highest BCUT2D eigenvalue weighted by atomic mass is 35.5. The van der Waals surface area contributed by atoms with Gasteiger partial charge >= 0.3 is 6.09 Å². The molecule has 1 aromatic heterocycles. The predicted octanol–water partition coefficient (Wildman–Crippen LogP) is 4.25. The minimum atomic E-state index is -3.09. The first-order valence-electron chi connectivity index (χ1n) is 10.2. The van der Waals surface area contributed by atoms with E-state index in [1.165, 1.54) is 28.8 Å². The fourth-order valence-electron chi connectivity index (χ4n) is 4.26. The molecule has 7 nitrogen and oxygen atoms in total. The zero-order valence-electron chi connectivity index (χ0n) is 17.3. The quantitative estimate of drug-likeness (QED) is 0.703. The number of carbonyl (C=O) groups is 2. The van der Waals surface area contributed by atoms with E-state index in [2.05, 4.69) is 15.2 Å². The molecule has 2 aromatic rings. The van der Waals surface area contributed by atoms with Crippen LogP contribution in [0.1, 0.15) is 40.2 Å². The summed E-state index contributed by atoms with van der Waals surface area (Å²) in [7, 11) is 1.25. The van der Waals surface area contributed by atoms with Crippen molar-refractivity contribution in [3.8, 4) is 0 Å². The SMILES string of the molecule is COC(=O)NCC1CCC(F)(F)c2c3c(nn2C1)CCN(C(=O)c1ccc(Cl)c(Cl)c1)C3. The first kappa shape index (κ1) is 22.8. The van der Waals surface area contributed by atoms with Gasteiger partial charge in [-0.3, -0.25) is 9.48 Å². The van der Waals surface area contributed by atoms with Crippen LogP contribution in [0.15, 0.2) is 18.2 Å². The summed E-state index contributed by atoms with van der Waals surface area (Å²) in [5.41, 5.74) is 1.19. The summed E-state index contributed by atoms with van der Waals surface area (Å²) >= 11 is 12.0. The van der Waals surface area contributed by atoms with E-state index in [4.69, 9.17) is 23.2 Å². The van der Waals surface area contributed by atoms with Crippen LogP contribution in [-0.2, 0) is 30.2 Å². The van der Waals surface area contributed by atoms with Gasteiger partial charge < -0.3 is 15.0 Å². The van der Waals surface area contributed by atoms with Crippen LogP contribution in [0.3, 0.4) is 0 Å². The van der Waals surface area contributed by atoms with Gasteiger partial charge in [-0.05, 0) is 30.5 Å². The normalized spacial score (nSPS) is 19.5. The summed E-state index contributed by atoms with van der Waals surface area (Å²) in [6, 6.07) is 4.58. The zero-order valence-corrected chi connectivity index (χ0v) is 18.8. The number of rotatable bonds is 3. The molecule has 1 N–H and O–H groups in total. The van der Waals surface area contributed by atoms with E-state index in [0.29, 0.717) is 34.8 Å². The Morgan fingerprint density at radius 3 is 2.81 bits per heavy atom. The lowest BCUT2D eigenvalue weighted by Crippen LogP contribution is -2.36. The van der Waals surface area contributed by atoms with Gasteiger partial charge in [0.05, 0.1) is 22.8 Å². The molecule has 0 aliphatic carbocycles. The minimum absolute atomic E-state index is 0.0460. The van der Waals surface area contributed by atoms with E-state index >= 15 is 8.78 Å². The minimum Gasteiger partial charge on any atom is -0.453 e. The van der Waals surface area contributed by atoms with E-state index in [1.807, 2.05) is 0 Å². The third-order valence-corrected chi connectivity index (χ3v) is 6.66. The smallest absolute Gasteiger partial charge is 0.406 e. The second-order valence-electron chi connectivity index (χ2n) is 8.04. The lowest BCUT2D eigenvalue weighted by molar-refractivity contribution is -0.0219. The number of methoxy groups -OCH3 is 1. The molecule has 11 heteroatoms. The van der Waals surface area contributed by atoms with Crippen molar-refractivity contribution in [1.29, 1.82) is 0 Å². The van der Waals surface area contributed by atoms with Crippen molar-refractivity contribution < 1.29 is 23.1 Å². The zero-order chi connectivity index (χ0) is 23.0. The summed E-state index contributed by atoms with van der Waals surface area (Å²) < 4.78 is 36.2. The van der Waals surface area contributed by atoms with Crippen molar-refractivity contribution in [2.24, 2.45) is 5.92 Å². The molecule has 0 radical (unpaired) electrons. The van der Waals surface area contributed by atoms with E-state index in [0.717, 1.165) is 0 Å². The molecule has 1 aromatic carbocycles. The highest BCUT2D eigenvalue weighted by molar-refractivity contribution is 6.42. The molecule has 2 amide bonds. The van der Waals surface area contributed by atoms with Gasteiger partial charge in [0.1, 0.15) is 5.69 Å². The van der Waals surface area contributed by atoms with Gasteiger partial charge in [-0.1, -0.05) is 23.2 Å². The number of halogens is 4. The van der Waals surface area contributed by atoms with E-state index in [1.54, 1.807) is 6.07 Å². The molecule has 1 atom stereocenters. The number of nitrogens with one attached hydrogen (secondary N) is 1. The summed E-state index contributed by atoms with van der Waals surface area (Å²) in [5, 5.41) is 7.62. The highest BCUT2D eigenvalue weighted by Gasteiger charge is 2.43. The average molecular weight is 487 g/mol. The summed E-state index contributed by atoms with van der Waals surface area (Å²) in [5.74, 6) is -3.60. The Labute approximate surface area is 193 Å². The molecule has 3 heterocycles. The topological polar surface area (TPSA) is 76.5 Å². The van der Waals surface area contributed by atoms with Gasteiger partial charge in [-0.15, -0.1) is 0 Å². The second kappa shape index (κ2) is 8.86. The average Bonchev–Trinajstić information content (AvgIpc) is 3.08. The van der Waals surface area contributed by atoms with Crippen molar-refractivity contribution in [2.45, 2.75) is 38.3 Å². The number of hydrogen-bond acceptors (Lipinski definition) is 4. The highest BCUT2D eigenvalue weighted by Crippen LogP contribution is 2.41. The summed E-state index contributed by atoms with van der Waals surface area (Å²) in [6.07, 6.45) is -0.360. The Bertz CT molecular complexity index is 1060. The number of aromatic nitrogens is 2. The number of nitrogens with zero attached hydrogens (tertiary/aromatic N) is 3. The van der Waals surface area contributed by atoms with Gasteiger partial charge in [0, 0.05) is 50.1 Å². The van der Waals surface area contributed by atoms with Crippen molar-refractivity contribution in [3.05, 3.63) is 50.8 Å². The van der Waals surface area contributed by atoms with Crippen molar-refractivity contribution in [1.82, 2.24) is 20.0 Å². The molecule has 2 aliphatic rings. The first-order chi connectivity index (χ1) is 15.2. The lowest BCUT2D eigenvalue weighted by atomic mass is 9.97. The van der Waals surface area contributed by atoms with Crippen LogP contribution < -0.4 is 5.32 Å². The molecular weight excluding hydrogens is 465 g/mol. The maximum absolute atomic E-state index is 15.2. The monoisotopic (exact) mass is 486 g/mol. The number of ether oxygens (including phenoxy) is 1. The van der Waals surface area contributed by atoms with Gasteiger partial charge in [0.2, 0.25) is 0 Å². The molecule has 0 saturated heterocycles.